The second-order valence-electron chi connectivity index (χ2n) is 4.27. The van der Waals surface area contributed by atoms with Crippen molar-refractivity contribution in [2.75, 3.05) is 6.54 Å². The standard InChI is InChI=1S/C11H17N3O/c1-8(2)14-10(5-7-13-14)11(15)9-4-3-6-12-9/h5,7-9,12H,3-4,6H2,1-2H3. The highest BCUT2D eigenvalue weighted by atomic mass is 16.1. The number of carbonyl (C=O) groups is 1. The second kappa shape index (κ2) is 4.14. The molecule has 0 aliphatic carbocycles. The molecule has 1 unspecified atom stereocenters. The summed E-state index contributed by atoms with van der Waals surface area (Å²) in [5, 5.41) is 7.40. The number of Topliss-reactive ketones (excluding diaryl/α,β-unsaturated/α-hetero) is 1. The molecule has 0 saturated carbocycles. The van der Waals surface area contributed by atoms with Crippen LogP contribution in [0.15, 0.2) is 12.3 Å². The molecule has 1 aliphatic heterocycles. The van der Waals surface area contributed by atoms with E-state index in [1.807, 2.05) is 19.9 Å². The first-order valence-corrected chi connectivity index (χ1v) is 5.51. The van der Waals surface area contributed by atoms with E-state index in [-0.39, 0.29) is 17.9 Å². The number of hydrogen-bond donors (Lipinski definition) is 1. The molecule has 1 aromatic heterocycles. The number of aromatic nitrogens is 2. The van der Waals surface area contributed by atoms with Gasteiger partial charge in [-0.05, 0) is 39.3 Å². The monoisotopic (exact) mass is 207 g/mol. The minimum absolute atomic E-state index is 0.000741. The lowest BCUT2D eigenvalue weighted by Crippen LogP contribution is -2.32. The average Bonchev–Trinajstić information content (AvgIpc) is 2.88. The smallest absolute Gasteiger partial charge is 0.197 e. The van der Waals surface area contributed by atoms with E-state index >= 15 is 0 Å². The Morgan fingerprint density at radius 3 is 3.07 bits per heavy atom. The highest BCUT2D eigenvalue weighted by Crippen LogP contribution is 2.14. The molecule has 0 radical (unpaired) electrons. The van der Waals surface area contributed by atoms with Crippen molar-refractivity contribution >= 4 is 5.78 Å². The fraction of sp³-hybridized carbons (Fsp3) is 0.636. The van der Waals surface area contributed by atoms with Crippen LogP contribution in [0.1, 0.15) is 43.2 Å². The van der Waals surface area contributed by atoms with Crippen molar-refractivity contribution in [3.05, 3.63) is 18.0 Å². The molecular formula is C11H17N3O. The van der Waals surface area contributed by atoms with Gasteiger partial charge in [0.1, 0.15) is 5.69 Å². The van der Waals surface area contributed by atoms with E-state index in [2.05, 4.69) is 10.4 Å². The number of rotatable bonds is 3. The summed E-state index contributed by atoms with van der Waals surface area (Å²) in [4.78, 5) is 12.1. The summed E-state index contributed by atoms with van der Waals surface area (Å²) >= 11 is 0. The average molecular weight is 207 g/mol. The van der Waals surface area contributed by atoms with E-state index in [0.29, 0.717) is 0 Å². The quantitative estimate of drug-likeness (QED) is 0.762. The van der Waals surface area contributed by atoms with Gasteiger partial charge in [0.15, 0.2) is 5.78 Å². The predicted molar refractivity (Wildman–Crippen MR) is 58.0 cm³/mol. The Labute approximate surface area is 89.7 Å². The number of hydrogen-bond acceptors (Lipinski definition) is 3. The Hall–Kier alpha value is -1.16. The van der Waals surface area contributed by atoms with Crippen molar-refractivity contribution in [1.82, 2.24) is 15.1 Å². The van der Waals surface area contributed by atoms with Gasteiger partial charge >= 0.3 is 0 Å². The zero-order valence-corrected chi connectivity index (χ0v) is 9.23. The van der Waals surface area contributed by atoms with Crippen LogP contribution in [0.25, 0.3) is 0 Å². The van der Waals surface area contributed by atoms with Crippen molar-refractivity contribution in [2.45, 2.75) is 38.8 Å². The molecule has 0 bridgehead atoms. The fourth-order valence-electron chi connectivity index (χ4n) is 2.01. The van der Waals surface area contributed by atoms with Crippen LogP contribution in [0, 0.1) is 0 Å². The Morgan fingerprint density at radius 2 is 2.47 bits per heavy atom. The van der Waals surface area contributed by atoms with Crippen molar-refractivity contribution in [1.29, 1.82) is 0 Å². The van der Waals surface area contributed by atoms with Gasteiger partial charge in [-0.25, -0.2) is 0 Å². The molecule has 1 fully saturated rings. The molecule has 1 saturated heterocycles. The van der Waals surface area contributed by atoms with Gasteiger partial charge in [-0.15, -0.1) is 0 Å². The molecule has 4 heteroatoms. The van der Waals surface area contributed by atoms with Gasteiger partial charge in [0.05, 0.1) is 6.04 Å². The molecule has 1 aromatic rings. The van der Waals surface area contributed by atoms with Gasteiger partial charge in [-0.2, -0.15) is 5.10 Å². The summed E-state index contributed by atoms with van der Waals surface area (Å²) in [6.45, 7) is 5.02. The first-order valence-electron chi connectivity index (χ1n) is 5.51. The highest BCUT2D eigenvalue weighted by Gasteiger charge is 2.26. The molecule has 2 rings (SSSR count). The van der Waals surface area contributed by atoms with Crippen LogP contribution in [-0.4, -0.2) is 28.2 Å². The molecule has 1 N–H and O–H groups in total. The van der Waals surface area contributed by atoms with Gasteiger partial charge in [0.2, 0.25) is 0 Å². The van der Waals surface area contributed by atoms with Crippen LogP contribution in [0.4, 0.5) is 0 Å². The van der Waals surface area contributed by atoms with Crippen LogP contribution in [0.2, 0.25) is 0 Å². The number of nitrogens with one attached hydrogen (secondary N) is 1. The second-order valence-corrected chi connectivity index (χ2v) is 4.27. The van der Waals surface area contributed by atoms with Crippen molar-refractivity contribution < 1.29 is 4.79 Å². The summed E-state index contributed by atoms with van der Waals surface area (Å²) in [6, 6.07) is 2.04. The van der Waals surface area contributed by atoms with Crippen LogP contribution in [0.5, 0.6) is 0 Å². The molecule has 2 heterocycles. The van der Waals surface area contributed by atoms with Gasteiger partial charge in [0.25, 0.3) is 0 Å². The van der Waals surface area contributed by atoms with E-state index < -0.39 is 0 Å². The van der Waals surface area contributed by atoms with Crippen molar-refractivity contribution in [2.24, 2.45) is 0 Å². The molecule has 0 aromatic carbocycles. The first-order chi connectivity index (χ1) is 7.20. The van der Waals surface area contributed by atoms with Gasteiger partial charge in [-0.1, -0.05) is 0 Å². The third-order valence-electron chi connectivity index (χ3n) is 2.79. The Morgan fingerprint density at radius 1 is 1.67 bits per heavy atom. The molecule has 82 valence electrons. The molecular weight excluding hydrogens is 190 g/mol. The lowest BCUT2D eigenvalue weighted by Gasteiger charge is -2.13. The minimum atomic E-state index is -0.000741. The third-order valence-corrected chi connectivity index (χ3v) is 2.79. The largest absolute Gasteiger partial charge is 0.307 e. The molecule has 0 amide bonds. The van der Waals surface area contributed by atoms with Crippen LogP contribution in [0.3, 0.4) is 0 Å². The zero-order chi connectivity index (χ0) is 10.8. The van der Waals surface area contributed by atoms with Crippen molar-refractivity contribution in [3.8, 4) is 0 Å². The maximum absolute atomic E-state index is 12.1. The normalized spacial score (nSPS) is 21.1. The minimum Gasteiger partial charge on any atom is -0.307 e. The summed E-state index contributed by atoms with van der Waals surface area (Å²) < 4.78 is 1.79. The summed E-state index contributed by atoms with van der Waals surface area (Å²) in [7, 11) is 0. The van der Waals surface area contributed by atoms with Gasteiger partial charge in [0, 0.05) is 12.2 Å². The first kappa shape index (κ1) is 10.4. The lowest BCUT2D eigenvalue weighted by atomic mass is 10.1. The summed E-state index contributed by atoms with van der Waals surface area (Å²) in [6.07, 6.45) is 3.73. The maximum Gasteiger partial charge on any atom is 0.197 e. The zero-order valence-electron chi connectivity index (χ0n) is 9.23. The SMILES string of the molecule is CC(C)n1nccc1C(=O)C1CCCN1. The van der Waals surface area contributed by atoms with E-state index in [4.69, 9.17) is 0 Å². The van der Waals surface area contributed by atoms with E-state index in [0.717, 1.165) is 25.1 Å². The summed E-state index contributed by atoms with van der Waals surface area (Å²) in [5.74, 6) is 0.179. The van der Waals surface area contributed by atoms with E-state index in [1.165, 1.54) is 0 Å². The lowest BCUT2D eigenvalue weighted by molar-refractivity contribution is 0.0939. The fourth-order valence-corrected chi connectivity index (χ4v) is 2.01. The van der Waals surface area contributed by atoms with Crippen molar-refractivity contribution in [3.63, 3.8) is 0 Å². The summed E-state index contributed by atoms with van der Waals surface area (Å²) in [5.41, 5.74) is 0.726. The van der Waals surface area contributed by atoms with Crippen LogP contribution in [-0.2, 0) is 0 Å². The maximum atomic E-state index is 12.1. The van der Waals surface area contributed by atoms with E-state index in [1.54, 1.807) is 10.9 Å². The molecule has 1 aliphatic rings. The molecule has 0 spiro atoms. The number of ketones is 1. The topological polar surface area (TPSA) is 46.9 Å². The van der Waals surface area contributed by atoms with Gasteiger partial charge in [-0.3, -0.25) is 9.48 Å². The predicted octanol–water partition coefficient (Wildman–Crippen LogP) is 1.40. The van der Waals surface area contributed by atoms with E-state index in [9.17, 15) is 4.79 Å². The molecule has 15 heavy (non-hydrogen) atoms. The highest BCUT2D eigenvalue weighted by molar-refractivity contribution is 5.98. The Balaban J connectivity index is 2.20. The van der Waals surface area contributed by atoms with Crippen LogP contribution < -0.4 is 5.32 Å². The number of carbonyl (C=O) groups excluding carboxylic acids is 1. The third kappa shape index (κ3) is 1.95. The molecule has 1 atom stereocenters. The Bertz CT molecular complexity index is 350. The van der Waals surface area contributed by atoms with Gasteiger partial charge < -0.3 is 5.32 Å². The number of nitrogens with zero attached hydrogens (tertiary/aromatic N) is 2. The molecule has 4 nitrogen and oxygen atoms in total. The Kier molecular flexibility index (Phi) is 2.86. The van der Waals surface area contributed by atoms with Crippen LogP contribution >= 0.6 is 0 Å².